The molecular formula is C6H13O3P. The molecule has 1 aliphatic rings. The highest BCUT2D eigenvalue weighted by Gasteiger charge is 2.28. The zero-order valence-electron chi connectivity index (χ0n) is 6.35. The minimum Gasteiger partial charge on any atom is -0.310 e. The molecule has 0 radical (unpaired) electrons. The average molecular weight is 164 g/mol. The molecule has 4 heteroatoms. The van der Waals surface area contributed by atoms with E-state index in [4.69, 9.17) is 9.05 Å². The van der Waals surface area contributed by atoms with Crippen LogP contribution in [0, 0.1) is 5.41 Å². The molecule has 0 amide bonds. The normalized spacial score (nSPS) is 41.6. The van der Waals surface area contributed by atoms with Crippen molar-refractivity contribution < 1.29 is 13.6 Å². The molecule has 0 N–H and O–H groups in total. The molecule has 1 saturated heterocycles. The summed E-state index contributed by atoms with van der Waals surface area (Å²) >= 11 is 0. The zero-order valence-corrected chi connectivity index (χ0v) is 7.35. The van der Waals surface area contributed by atoms with Crippen LogP contribution in [0.4, 0.5) is 0 Å². The summed E-state index contributed by atoms with van der Waals surface area (Å²) in [5.41, 5.74) is 0.0819. The molecule has 1 aliphatic heterocycles. The number of hydrogen-bond acceptors (Lipinski definition) is 3. The Labute approximate surface area is 61.7 Å². The summed E-state index contributed by atoms with van der Waals surface area (Å²) in [6.07, 6.45) is 1.00. The van der Waals surface area contributed by atoms with E-state index in [0.29, 0.717) is 13.2 Å². The van der Waals surface area contributed by atoms with Gasteiger partial charge in [-0.3, -0.25) is 4.57 Å². The molecule has 0 saturated carbocycles. The van der Waals surface area contributed by atoms with Gasteiger partial charge in [0.1, 0.15) is 0 Å². The summed E-state index contributed by atoms with van der Waals surface area (Å²) in [6.45, 7) is 5.29. The van der Waals surface area contributed by atoms with Crippen molar-refractivity contribution in [3.8, 4) is 0 Å². The van der Waals surface area contributed by atoms with E-state index in [1.54, 1.807) is 0 Å². The summed E-state index contributed by atoms with van der Waals surface area (Å²) in [4.78, 5) is 0. The molecule has 0 unspecified atom stereocenters. The lowest BCUT2D eigenvalue weighted by Crippen LogP contribution is -2.29. The zero-order chi connectivity index (χ0) is 7.61. The molecule has 1 heterocycles. The first kappa shape index (κ1) is 8.25. The minimum atomic E-state index is -2.12. The summed E-state index contributed by atoms with van der Waals surface area (Å²) in [5, 5.41) is 0. The van der Waals surface area contributed by atoms with Crippen LogP contribution in [0.25, 0.3) is 0 Å². The first-order valence-corrected chi connectivity index (χ1v) is 4.68. The molecule has 1 rings (SSSR count). The van der Waals surface area contributed by atoms with Crippen molar-refractivity contribution in [3.05, 3.63) is 0 Å². The van der Waals surface area contributed by atoms with E-state index in [9.17, 15) is 4.57 Å². The number of rotatable bonds is 1. The second-order valence-electron chi connectivity index (χ2n) is 2.99. The largest absolute Gasteiger partial charge is 0.319 e. The summed E-state index contributed by atoms with van der Waals surface area (Å²) < 4.78 is 20.4. The third-order valence-corrected chi connectivity index (χ3v) is 2.69. The van der Waals surface area contributed by atoms with Crippen molar-refractivity contribution in [2.45, 2.75) is 20.3 Å². The highest BCUT2D eigenvalue weighted by molar-refractivity contribution is 7.33. The van der Waals surface area contributed by atoms with E-state index in [1.165, 1.54) is 0 Å². The Morgan fingerprint density at radius 3 is 2.40 bits per heavy atom. The molecule has 0 aliphatic carbocycles. The summed E-state index contributed by atoms with van der Waals surface area (Å²) in [7, 11) is -2.12. The van der Waals surface area contributed by atoms with Crippen LogP contribution >= 0.6 is 8.25 Å². The fraction of sp³-hybridized carbons (Fsp3) is 1.00. The second kappa shape index (κ2) is 3.04. The first-order chi connectivity index (χ1) is 4.66. The molecule has 0 aromatic heterocycles. The predicted molar refractivity (Wildman–Crippen MR) is 39.3 cm³/mol. The predicted octanol–water partition coefficient (Wildman–Crippen LogP) is 1.84. The highest BCUT2D eigenvalue weighted by Crippen LogP contribution is 2.38. The molecule has 60 valence electrons. The Hall–Kier alpha value is 0.150. The van der Waals surface area contributed by atoms with E-state index in [0.717, 1.165) is 6.42 Å². The van der Waals surface area contributed by atoms with Gasteiger partial charge in [0.15, 0.2) is 0 Å². The lowest BCUT2D eigenvalue weighted by Gasteiger charge is -2.31. The molecule has 0 aromatic rings. The Balaban J connectivity index is 2.46. The van der Waals surface area contributed by atoms with Crippen LogP contribution in [-0.4, -0.2) is 13.2 Å². The lowest BCUT2D eigenvalue weighted by molar-refractivity contribution is 0.0381. The van der Waals surface area contributed by atoms with Gasteiger partial charge >= 0.3 is 8.25 Å². The second-order valence-corrected chi connectivity index (χ2v) is 4.07. The van der Waals surface area contributed by atoms with E-state index < -0.39 is 8.25 Å². The quantitative estimate of drug-likeness (QED) is 0.554. The molecule has 0 atom stereocenters. The van der Waals surface area contributed by atoms with E-state index in [1.807, 2.05) is 0 Å². The average Bonchev–Trinajstić information content (AvgIpc) is 1.96. The Bertz CT molecular complexity index is 136. The molecule has 3 nitrogen and oxygen atoms in total. The topological polar surface area (TPSA) is 35.5 Å². The van der Waals surface area contributed by atoms with Crippen LogP contribution in [0.15, 0.2) is 0 Å². The van der Waals surface area contributed by atoms with E-state index in [2.05, 4.69) is 13.8 Å². The summed E-state index contributed by atoms with van der Waals surface area (Å²) in [5.74, 6) is 0. The minimum absolute atomic E-state index is 0.0819. The standard InChI is InChI=1S/C6H13O3P/c1-3-6(2)4-8-10(7)9-5-6/h10H,3-5H2,1-2H3. The molecule has 0 aromatic carbocycles. The van der Waals surface area contributed by atoms with Crippen molar-refractivity contribution in [1.29, 1.82) is 0 Å². The Morgan fingerprint density at radius 2 is 2.00 bits per heavy atom. The highest BCUT2D eigenvalue weighted by atomic mass is 31.1. The maximum atomic E-state index is 10.6. The van der Waals surface area contributed by atoms with Crippen LogP contribution in [0.2, 0.25) is 0 Å². The van der Waals surface area contributed by atoms with Crippen LogP contribution in [-0.2, 0) is 13.6 Å². The Morgan fingerprint density at radius 1 is 1.50 bits per heavy atom. The maximum absolute atomic E-state index is 10.6. The fourth-order valence-corrected chi connectivity index (χ4v) is 1.77. The monoisotopic (exact) mass is 164 g/mol. The number of hydrogen-bond donors (Lipinski definition) is 0. The third kappa shape index (κ3) is 1.82. The van der Waals surface area contributed by atoms with Gasteiger partial charge in [0, 0.05) is 5.41 Å². The summed E-state index contributed by atoms with van der Waals surface area (Å²) in [6, 6.07) is 0. The van der Waals surface area contributed by atoms with Crippen molar-refractivity contribution in [1.82, 2.24) is 0 Å². The van der Waals surface area contributed by atoms with Crippen molar-refractivity contribution >= 4 is 8.25 Å². The molecule has 10 heavy (non-hydrogen) atoms. The SMILES string of the molecule is CCC1(C)CO[PH](=O)OC1. The van der Waals surface area contributed by atoms with Crippen molar-refractivity contribution in [2.24, 2.45) is 5.41 Å². The van der Waals surface area contributed by atoms with Gasteiger partial charge in [-0.1, -0.05) is 13.8 Å². The van der Waals surface area contributed by atoms with Gasteiger partial charge in [0.2, 0.25) is 0 Å². The Kier molecular flexibility index (Phi) is 2.50. The molecular weight excluding hydrogens is 151 g/mol. The lowest BCUT2D eigenvalue weighted by atomic mass is 9.90. The smallest absolute Gasteiger partial charge is 0.310 e. The van der Waals surface area contributed by atoms with Crippen molar-refractivity contribution in [3.63, 3.8) is 0 Å². The van der Waals surface area contributed by atoms with Gasteiger partial charge in [0.25, 0.3) is 0 Å². The van der Waals surface area contributed by atoms with Gasteiger partial charge in [-0.15, -0.1) is 0 Å². The molecule has 0 spiro atoms. The maximum Gasteiger partial charge on any atom is 0.319 e. The van der Waals surface area contributed by atoms with Crippen LogP contribution in [0.5, 0.6) is 0 Å². The van der Waals surface area contributed by atoms with Crippen LogP contribution < -0.4 is 0 Å². The third-order valence-electron chi connectivity index (χ3n) is 1.93. The fourth-order valence-electron chi connectivity index (χ4n) is 0.754. The van der Waals surface area contributed by atoms with E-state index >= 15 is 0 Å². The first-order valence-electron chi connectivity index (χ1n) is 3.46. The molecule has 0 bridgehead atoms. The van der Waals surface area contributed by atoms with Crippen molar-refractivity contribution in [2.75, 3.05) is 13.2 Å². The van der Waals surface area contributed by atoms with Crippen LogP contribution in [0.3, 0.4) is 0 Å². The van der Waals surface area contributed by atoms with Gasteiger partial charge < -0.3 is 9.05 Å². The van der Waals surface area contributed by atoms with Gasteiger partial charge in [-0.05, 0) is 6.42 Å². The van der Waals surface area contributed by atoms with Gasteiger partial charge in [-0.25, -0.2) is 0 Å². The van der Waals surface area contributed by atoms with Gasteiger partial charge in [-0.2, -0.15) is 0 Å². The van der Waals surface area contributed by atoms with Gasteiger partial charge in [0.05, 0.1) is 13.2 Å². The van der Waals surface area contributed by atoms with Crippen LogP contribution in [0.1, 0.15) is 20.3 Å². The molecule has 1 fully saturated rings. The van der Waals surface area contributed by atoms with E-state index in [-0.39, 0.29) is 5.41 Å².